The Morgan fingerprint density at radius 1 is 1.39 bits per heavy atom. The highest BCUT2D eigenvalue weighted by atomic mass is 35.5. The summed E-state index contributed by atoms with van der Waals surface area (Å²) in [5, 5.41) is 3.29. The Bertz CT molecular complexity index is 500. The van der Waals surface area contributed by atoms with Gasteiger partial charge in [-0.2, -0.15) is 0 Å². The average molecular weight is 368 g/mol. The quantitative estimate of drug-likeness (QED) is 0.767. The summed E-state index contributed by atoms with van der Waals surface area (Å²) in [5.74, 6) is 0.404. The SMILES string of the molecule is CCN(C(=O)C(C)N1CCCC(NC)C1)C1CCS(=O)(=O)C1.Cl. The zero-order valence-corrected chi connectivity index (χ0v) is 16.0. The maximum atomic E-state index is 12.8. The van der Waals surface area contributed by atoms with Gasteiger partial charge < -0.3 is 10.2 Å². The number of halogens is 1. The molecular weight excluding hydrogens is 338 g/mol. The first-order valence-corrected chi connectivity index (χ1v) is 10.1. The summed E-state index contributed by atoms with van der Waals surface area (Å²) >= 11 is 0. The number of carbonyl (C=O) groups excluding carboxylic acids is 1. The Hall–Kier alpha value is -0.370. The first-order valence-electron chi connectivity index (χ1n) is 8.30. The molecule has 3 atom stereocenters. The third kappa shape index (κ3) is 5.05. The number of likely N-dealkylation sites (N-methyl/N-ethyl adjacent to an activating group) is 2. The molecule has 1 amide bonds. The lowest BCUT2D eigenvalue weighted by atomic mass is 10.0. The molecule has 2 rings (SSSR count). The molecule has 2 aliphatic heterocycles. The van der Waals surface area contributed by atoms with Gasteiger partial charge in [-0.1, -0.05) is 0 Å². The Morgan fingerprint density at radius 2 is 2.09 bits per heavy atom. The molecule has 0 aromatic rings. The number of carbonyl (C=O) groups is 1. The number of likely N-dealkylation sites (tertiary alicyclic amines) is 1. The van der Waals surface area contributed by atoms with Crippen molar-refractivity contribution in [2.24, 2.45) is 0 Å². The second kappa shape index (κ2) is 8.65. The van der Waals surface area contributed by atoms with Gasteiger partial charge in [0.2, 0.25) is 5.91 Å². The van der Waals surface area contributed by atoms with Crippen LogP contribution >= 0.6 is 12.4 Å². The molecule has 0 spiro atoms. The predicted octanol–water partition coefficient (Wildman–Crippen LogP) is 0.516. The summed E-state index contributed by atoms with van der Waals surface area (Å²) in [6.45, 7) is 6.27. The van der Waals surface area contributed by atoms with Crippen molar-refractivity contribution in [2.45, 2.75) is 51.2 Å². The topological polar surface area (TPSA) is 69.7 Å². The maximum Gasteiger partial charge on any atom is 0.239 e. The van der Waals surface area contributed by atoms with Crippen LogP contribution in [0.15, 0.2) is 0 Å². The van der Waals surface area contributed by atoms with Gasteiger partial charge in [0.15, 0.2) is 9.84 Å². The molecule has 2 saturated heterocycles. The lowest BCUT2D eigenvalue weighted by Gasteiger charge is -2.39. The lowest BCUT2D eigenvalue weighted by molar-refractivity contribution is -0.138. The highest BCUT2D eigenvalue weighted by Gasteiger charge is 2.37. The second-order valence-corrected chi connectivity index (χ2v) is 8.71. The van der Waals surface area contributed by atoms with Crippen LogP contribution in [-0.2, 0) is 14.6 Å². The third-order valence-electron chi connectivity index (χ3n) is 5.04. The number of hydrogen-bond donors (Lipinski definition) is 1. The van der Waals surface area contributed by atoms with Crippen molar-refractivity contribution in [3.63, 3.8) is 0 Å². The number of sulfone groups is 1. The number of nitrogens with one attached hydrogen (secondary N) is 1. The fourth-order valence-corrected chi connectivity index (χ4v) is 5.34. The van der Waals surface area contributed by atoms with Crippen LogP contribution in [0.25, 0.3) is 0 Å². The molecule has 0 bridgehead atoms. The Morgan fingerprint density at radius 3 is 2.61 bits per heavy atom. The van der Waals surface area contributed by atoms with Crippen LogP contribution in [0.4, 0.5) is 0 Å². The van der Waals surface area contributed by atoms with E-state index in [0.29, 0.717) is 19.0 Å². The van der Waals surface area contributed by atoms with Gasteiger partial charge in [-0.25, -0.2) is 8.42 Å². The van der Waals surface area contributed by atoms with Crippen LogP contribution in [0.3, 0.4) is 0 Å². The number of hydrogen-bond acceptors (Lipinski definition) is 5. The Labute approximate surface area is 146 Å². The van der Waals surface area contributed by atoms with E-state index in [2.05, 4.69) is 10.2 Å². The van der Waals surface area contributed by atoms with Crippen molar-refractivity contribution in [3.05, 3.63) is 0 Å². The van der Waals surface area contributed by atoms with Gasteiger partial charge in [-0.05, 0) is 46.7 Å². The lowest BCUT2D eigenvalue weighted by Crippen LogP contribution is -2.55. The summed E-state index contributed by atoms with van der Waals surface area (Å²) in [7, 11) is -1.00. The predicted molar refractivity (Wildman–Crippen MR) is 94.8 cm³/mol. The van der Waals surface area contributed by atoms with Crippen molar-refractivity contribution < 1.29 is 13.2 Å². The average Bonchev–Trinajstić information content (AvgIpc) is 2.87. The fourth-order valence-electron chi connectivity index (χ4n) is 3.61. The van der Waals surface area contributed by atoms with Crippen LogP contribution < -0.4 is 5.32 Å². The van der Waals surface area contributed by atoms with Crippen molar-refractivity contribution in [3.8, 4) is 0 Å². The number of rotatable bonds is 5. The minimum absolute atomic E-state index is 0. The van der Waals surface area contributed by atoms with Crippen molar-refractivity contribution in [1.82, 2.24) is 15.1 Å². The summed E-state index contributed by atoms with van der Waals surface area (Å²) in [4.78, 5) is 16.8. The molecule has 0 saturated carbocycles. The molecule has 0 aromatic heterocycles. The summed E-state index contributed by atoms with van der Waals surface area (Å²) in [6, 6.07) is 0.111. The molecule has 0 aliphatic carbocycles. The van der Waals surface area contributed by atoms with Crippen LogP contribution in [-0.4, -0.2) is 80.4 Å². The molecule has 2 heterocycles. The molecular formula is C15H30ClN3O3S. The van der Waals surface area contributed by atoms with E-state index in [9.17, 15) is 13.2 Å². The maximum absolute atomic E-state index is 12.8. The first kappa shape index (κ1) is 20.7. The van der Waals surface area contributed by atoms with Gasteiger partial charge in [0.05, 0.1) is 17.5 Å². The van der Waals surface area contributed by atoms with Gasteiger partial charge in [-0.15, -0.1) is 12.4 Å². The van der Waals surface area contributed by atoms with Gasteiger partial charge >= 0.3 is 0 Å². The molecule has 2 aliphatic rings. The molecule has 8 heteroatoms. The van der Waals surface area contributed by atoms with E-state index in [-0.39, 0.29) is 41.9 Å². The van der Waals surface area contributed by atoms with Gasteiger partial charge in [0.25, 0.3) is 0 Å². The van der Waals surface area contributed by atoms with E-state index < -0.39 is 9.84 Å². The van der Waals surface area contributed by atoms with E-state index in [4.69, 9.17) is 0 Å². The summed E-state index contributed by atoms with van der Waals surface area (Å²) < 4.78 is 23.4. The van der Waals surface area contributed by atoms with Crippen LogP contribution in [0, 0.1) is 0 Å². The highest BCUT2D eigenvalue weighted by Crippen LogP contribution is 2.21. The van der Waals surface area contributed by atoms with E-state index in [1.165, 1.54) is 0 Å². The summed E-state index contributed by atoms with van der Waals surface area (Å²) in [5.41, 5.74) is 0. The zero-order chi connectivity index (χ0) is 16.3. The van der Waals surface area contributed by atoms with Crippen molar-refractivity contribution in [2.75, 3.05) is 38.2 Å². The monoisotopic (exact) mass is 367 g/mol. The van der Waals surface area contributed by atoms with Gasteiger partial charge in [0.1, 0.15) is 0 Å². The largest absolute Gasteiger partial charge is 0.338 e. The number of amides is 1. The van der Waals surface area contributed by atoms with Gasteiger partial charge in [-0.3, -0.25) is 9.69 Å². The Kier molecular flexibility index (Phi) is 7.77. The Balaban J connectivity index is 0.00000264. The first-order chi connectivity index (χ1) is 10.4. The molecule has 3 unspecified atom stereocenters. The number of piperidine rings is 1. The van der Waals surface area contributed by atoms with Gasteiger partial charge in [0, 0.05) is 25.2 Å². The van der Waals surface area contributed by atoms with Crippen LogP contribution in [0.5, 0.6) is 0 Å². The van der Waals surface area contributed by atoms with E-state index >= 15 is 0 Å². The standard InChI is InChI=1S/C15H29N3O3S.ClH/c1-4-18(14-7-9-22(20,21)11-14)15(19)12(2)17-8-5-6-13(10-17)16-3;/h12-14,16H,4-11H2,1-3H3;1H. The van der Waals surface area contributed by atoms with Crippen LogP contribution in [0.1, 0.15) is 33.1 Å². The molecule has 0 aromatic carbocycles. The normalized spacial score (nSPS) is 28.8. The molecule has 2 fully saturated rings. The minimum Gasteiger partial charge on any atom is -0.338 e. The summed E-state index contributed by atoms with van der Waals surface area (Å²) in [6.07, 6.45) is 2.81. The molecule has 23 heavy (non-hydrogen) atoms. The smallest absolute Gasteiger partial charge is 0.239 e. The minimum atomic E-state index is -2.96. The molecule has 136 valence electrons. The van der Waals surface area contributed by atoms with Crippen molar-refractivity contribution >= 4 is 28.2 Å². The number of nitrogens with zero attached hydrogens (tertiary/aromatic N) is 2. The van der Waals surface area contributed by atoms with Crippen molar-refractivity contribution in [1.29, 1.82) is 0 Å². The highest BCUT2D eigenvalue weighted by molar-refractivity contribution is 7.91. The van der Waals surface area contributed by atoms with E-state index in [0.717, 1.165) is 25.9 Å². The van der Waals surface area contributed by atoms with Crippen LogP contribution in [0.2, 0.25) is 0 Å². The fraction of sp³-hybridized carbons (Fsp3) is 0.933. The molecule has 0 radical (unpaired) electrons. The third-order valence-corrected chi connectivity index (χ3v) is 6.79. The van der Waals surface area contributed by atoms with E-state index in [1.54, 1.807) is 4.90 Å². The molecule has 1 N–H and O–H groups in total. The van der Waals surface area contributed by atoms with E-state index in [1.807, 2.05) is 20.9 Å². The second-order valence-electron chi connectivity index (χ2n) is 6.48. The zero-order valence-electron chi connectivity index (χ0n) is 14.3. The molecule has 6 nitrogen and oxygen atoms in total.